The van der Waals surface area contributed by atoms with Crippen molar-refractivity contribution in [3.63, 3.8) is 0 Å². The molecule has 2 N–H and O–H groups in total. The van der Waals surface area contributed by atoms with Crippen LogP contribution in [-0.2, 0) is 5.41 Å². The van der Waals surface area contributed by atoms with E-state index in [1.807, 2.05) is 18.2 Å². The Bertz CT molecular complexity index is 1210. The zero-order valence-electron chi connectivity index (χ0n) is 15.8. The molecule has 3 aromatic carbocycles. The minimum Gasteiger partial charge on any atom is -0.398 e. The number of allylic oxidation sites excluding steroid dienone is 2. The van der Waals surface area contributed by atoms with Crippen molar-refractivity contribution in [3.05, 3.63) is 108 Å². The van der Waals surface area contributed by atoms with E-state index >= 15 is 0 Å². The molecule has 1 unspecified atom stereocenters. The maximum atomic E-state index is 6.43. The summed E-state index contributed by atoms with van der Waals surface area (Å²) >= 11 is 0. The second-order valence-corrected chi connectivity index (χ2v) is 7.53. The van der Waals surface area contributed by atoms with Crippen LogP contribution < -0.4 is 5.73 Å². The molecule has 0 saturated carbocycles. The summed E-state index contributed by atoms with van der Waals surface area (Å²) in [5.74, 6) is 0. The Morgan fingerprint density at radius 1 is 0.750 bits per heavy atom. The summed E-state index contributed by atoms with van der Waals surface area (Å²) in [7, 11) is 0. The first-order chi connectivity index (χ1) is 13.7. The third-order valence-electron chi connectivity index (χ3n) is 5.70. The summed E-state index contributed by atoms with van der Waals surface area (Å²) in [5.41, 5.74) is 13.0. The van der Waals surface area contributed by atoms with Crippen LogP contribution in [-0.4, -0.2) is 4.57 Å². The summed E-state index contributed by atoms with van der Waals surface area (Å²) in [6.07, 6.45) is 9.06. The molecule has 1 aliphatic carbocycles. The smallest absolute Gasteiger partial charge is 0.0561 e. The van der Waals surface area contributed by atoms with E-state index in [2.05, 4.69) is 96.5 Å². The lowest BCUT2D eigenvalue weighted by molar-refractivity contribution is 0.766. The Morgan fingerprint density at radius 3 is 2.18 bits per heavy atom. The fourth-order valence-electron chi connectivity index (χ4n) is 4.16. The lowest BCUT2D eigenvalue weighted by atomic mass is 9.82. The number of rotatable bonds is 2. The number of hydrogen-bond acceptors (Lipinski definition) is 1. The number of nitrogens with zero attached hydrogens (tertiary/aromatic N) is 1. The van der Waals surface area contributed by atoms with Crippen LogP contribution in [0.2, 0.25) is 0 Å². The Balaban J connectivity index is 1.80. The molecule has 136 valence electrons. The van der Waals surface area contributed by atoms with Gasteiger partial charge >= 0.3 is 0 Å². The molecule has 1 heterocycles. The number of fused-ring (bicyclic) bond motifs is 3. The molecule has 28 heavy (non-hydrogen) atoms. The quantitative estimate of drug-likeness (QED) is 0.422. The van der Waals surface area contributed by atoms with Crippen LogP contribution in [0.1, 0.15) is 23.7 Å². The topological polar surface area (TPSA) is 30.9 Å². The lowest BCUT2D eigenvalue weighted by Gasteiger charge is -2.22. The van der Waals surface area contributed by atoms with E-state index in [1.165, 1.54) is 11.1 Å². The van der Waals surface area contributed by atoms with Crippen molar-refractivity contribution in [2.45, 2.75) is 12.3 Å². The zero-order valence-corrected chi connectivity index (χ0v) is 15.8. The molecule has 0 amide bonds. The summed E-state index contributed by atoms with van der Waals surface area (Å²) in [6.45, 7) is 2.25. The van der Waals surface area contributed by atoms with Gasteiger partial charge in [-0.25, -0.2) is 0 Å². The van der Waals surface area contributed by atoms with Crippen molar-refractivity contribution >= 4 is 28.7 Å². The van der Waals surface area contributed by atoms with E-state index in [0.29, 0.717) is 0 Å². The van der Waals surface area contributed by atoms with Crippen LogP contribution in [0.3, 0.4) is 0 Å². The standard InChI is InChI=1S/C26H22N2/c1-26(19-9-4-2-5-10-19)17-15-21-23(16-18-26)28(20-11-6-3-7-12-20)24-14-8-13-22(27)25(21)24/h2-18H,27H2,1H3. The molecule has 0 spiro atoms. The van der Waals surface area contributed by atoms with Gasteiger partial charge in [0.25, 0.3) is 0 Å². The normalized spacial score (nSPS) is 18.2. The first kappa shape index (κ1) is 16.6. The van der Waals surface area contributed by atoms with Gasteiger partial charge in [0.1, 0.15) is 0 Å². The molecule has 1 atom stereocenters. The lowest BCUT2D eigenvalue weighted by Crippen LogP contribution is -2.14. The molecular weight excluding hydrogens is 340 g/mol. The molecule has 4 aromatic rings. The van der Waals surface area contributed by atoms with Gasteiger partial charge in [-0.05, 0) is 42.8 Å². The average molecular weight is 362 g/mol. The molecular formula is C26H22N2. The summed E-state index contributed by atoms with van der Waals surface area (Å²) < 4.78 is 2.30. The number of hydrogen-bond donors (Lipinski definition) is 1. The highest BCUT2D eigenvalue weighted by atomic mass is 15.0. The number of para-hydroxylation sites is 1. The second kappa shape index (κ2) is 6.28. The van der Waals surface area contributed by atoms with Crippen molar-refractivity contribution in [1.29, 1.82) is 0 Å². The van der Waals surface area contributed by atoms with E-state index in [1.54, 1.807) is 0 Å². The maximum absolute atomic E-state index is 6.43. The van der Waals surface area contributed by atoms with Crippen LogP contribution in [0.5, 0.6) is 0 Å². The second-order valence-electron chi connectivity index (χ2n) is 7.53. The van der Waals surface area contributed by atoms with Gasteiger partial charge in [0.15, 0.2) is 0 Å². The van der Waals surface area contributed by atoms with Crippen LogP contribution in [0, 0.1) is 0 Å². The largest absolute Gasteiger partial charge is 0.398 e. The molecule has 0 aliphatic heterocycles. The van der Waals surface area contributed by atoms with Crippen molar-refractivity contribution in [1.82, 2.24) is 4.57 Å². The fraction of sp³-hybridized carbons (Fsp3) is 0.0769. The van der Waals surface area contributed by atoms with Crippen LogP contribution >= 0.6 is 0 Å². The number of anilines is 1. The highest BCUT2D eigenvalue weighted by molar-refractivity contribution is 6.03. The van der Waals surface area contributed by atoms with Gasteiger partial charge in [-0.3, -0.25) is 0 Å². The number of nitrogen functional groups attached to an aromatic ring is 1. The molecule has 1 aliphatic rings. The van der Waals surface area contributed by atoms with E-state index < -0.39 is 0 Å². The van der Waals surface area contributed by atoms with Crippen LogP contribution in [0.15, 0.2) is 91.0 Å². The number of benzene rings is 3. The van der Waals surface area contributed by atoms with E-state index in [4.69, 9.17) is 5.73 Å². The minimum atomic E-state index is -0.169. The fourth-order valence-corrected chi connectivity index (χ4v) is 4.16. The van der Waals surface area contributed by atoms with Crippen molar-refractivity contribution in [3.8, 4) is 5.69 Å². The van der Waals surface area contributed by atoms with Crippen molar-refractivity contribution < 1.29 is 0 Å². The van der Waals surface area contributed by atoms with Crippen LogP contribution in [0.4, 0.5) is 5.69 Å². The Labute approximate surface area is 165 Å². The molecule has 0 bridgehead atoms. The van der Waals surface area contributed by atoms with Gasteiger partial charge in [-0.15, -0.1) is 0 Å². The van der Waals surface area contributed by atoms with Gasteiger partial charge in [-0.2, -0.15) is 0 Å². The van der Waals surface area contributed by atoms with Crippen molar-refractivity contribution in [2.75, 3.05) is 5.73 Å². The summed E-state index contributed by atoms with van der Waals surface area (Å²) in [5, 5.41) is 1.11. The zero-order chi connectivity index (χ0) is 19.1. The third-order valence-corrected chi connectivity index (χ3v) is 5.70. The molecule has 0 radical (unpaired) electrons. The molecule has 5 rings (SSSR count). The highest BCUT2D eigenvalue weighted by Gasteiger charge is 2.25. The first-order valence-corrected chi connectivity index (χ1v) is 9.60. The van der Waals surface area contributed by atoms with Crippen molar-refractivity contribution in [2.24, 2.45) is 0 Å². The highest BCUT2D eigenvalue weighted by Crippen LogP contribution is 2.39. The van der Waals surface area contributed by atoms with Crippen LogP contribution in [0.25, 0.3) is 28.7 Å². The van der Waals surface area contributed by atoms with Gasteiger partial charge in [-0.1, -0.05) is 72.8 Å². The van der Waals surface area contributed by atoms with E-state index in [9.17, 15) is 0 Å². The summed E-state index contributed by atoms with van der Waals surface area (Å²) in [4.78, 5) is 0. The number of nitrogens with two attached hydrogens (primary N) is 1. The van der Waals surface area contributed by atoms with E-state index in [0.717, 1.165) is 28.0 Å². The molecule has 2 heteroatoms. The maximum Gasteiger partial charge on any atom is 0.0561 e. The Morgan fingerprint density at radius 2 is 1.43 bits per heavy atom. The number of aromatic nitrogens is 1. The minimum absolute atomic E-state index is 0.169. The average Bonchev–Trinajstić information content (AvgIpc) is 2.96. The molecule has 1 aromatic heterocycles. The molecule has 0 fully saturated rings. The Hall–Kier alpha value is -3.52. The monoisotopic (exact) mass is 362 g/mol. The SMILES string of the molecule is CC1(c2ccccc2)C=Cc2c(n(-c3ccccc3)c3cccc(N)c23)C=C1. The Kier molecular flexibility index (Phi) is 3.73. The first-order valence-electron chi connectivity index (χ1n) is 9.60. The molecule has 0 saturated heterocycles. The van der Waals surface area contributed by atoms with Gasteiger partial charge < -0.3 is 10.3 Å². The van der Waals surface area contributed by atoms with E-state index in [-0.39, 0.29) is 5.41 Å². The van der Waals surface area contributed by atoms with Gasteiger partial charge in [0, 0.05) is 27.7 Å². The predicted octanol–water partition coefficient (Wildman–Crippen LogP) is 6.21. The van der Waals surface area contributed by atoms with Gasteiger partial charge in [0.2, 0.25) is 0 Å². The van der Waals surface area contributed by atoms with Gasteiger partial charge in [0.05, 0.1) is 11.2 Å². The summed E-state index contributed by atoms with van der Waals surface area (Å²) in [6, 6.07) is 27.2. The predicted molar refractivity (Wildman–Crippen MR) is 120 cm³/mol. The molecule has 2 nitrogen and oxygen atoms in total. The third kappa shape index (κ3) is 2.49.